The summed E-state index contributed by atoms with van der Waals surface area (Å²) < 4.78 is 5.40. The van der Waals surface area contributed by atoms with Gasteiger partial charge in [-0.1, -0.05) is 5.16 Å². The molecule has 0 bridgehead atoms. The lowest BCUT2D eigenvalue weighted by Crippen LogP contribution is -2.29. The van der Waals surface area contributed by atoms with E-state index in [1.54, 1.807) is 6.20 Å². The maximum Gasteiger partial charge on any atom is 0.190 e. The summed E-state index contributed by atoms with van der Waals surface area (Å²) in [7, 11) is 0. The van der Waals surface area contributed by atoms with Gasteiger partial charge in [-0.15, -0.1) is 0 Å². The fourth-order valence-corrected chi connectivity index (χ4v) is 1.88. The number of hydrogen-bond donors (Lipinski definition) is 2. The Hall–Kier alpha value is -1.82. The molecule has 0 aliphatic carbocycles. The van der Waals surface area contributed by atoms with Crippen LogP contribution in [-0.2, 0) is 4.74 Å². The average molecular weight is 236 g/mol. The minimum Gasteiger partial charge on any atom is -0.409 e. The quantitative estimate of drug-likeness (QED) is 0.336. The van der Waals surface area contributed by atoms with Crippen LogP contribution < -0.4 is 10.6 Å². The average Bonchev–Trinajstić information content (AvgIpc) is 2.66. The van der Waals surface area contributed by atoms with Crippen LogP contribution in [0.25, 0.3) is 0 Å². The molecule has 1 fully saturated rings. The molecule has 1 saturated heterocycles. The summed E-state index contributed by atoms with van der Waals surface area (Å²) in [5.74, 6) is 0.0331. The van der Waals surface area contributed by atoms with Crippen LogP contribution in [0, 0.1) is 0 Å². The largest absolute Gasteiger partial charge is 0.409 e. The summed E-state index contributed by atoms with van der Waals surface area (Å²) in [4.78, 5) is 6.30. The lowest BCUT2D eigenvalue weighted by molar-refractivity contribution is 0.152. The van der Waals surface area contributed by atoms with Gasteiger partial charge in [0.2, 0.25) is 0 Å². The van der Waals surface area contributed by atoms with E-state index in [0.29, 0.717) is 12.3 Å². The van der Waals surface area contributed by atoms with Crippen LogP contribution >= 0.6 is 0 Å². The maximum atomic E-state index is 8.75. The summed E-state index contributed by atoms with van der Waals surface area (Å²) in [6, 6.07) is 3.76. The minimum atomic E-state index is 0.0331. The highest BCUT2D eigenvalue weighted by atomic mass is 16.5. The molecule has 0 radical (unpaired) electrons. The van der Waals surface area contributed by atoms with Gasteiger partial charge in [-0.2, -0.15) is 0 Å². The van der Waals surface area contributed by atoms with Crippen molar-refractivity contribution in [2.24, 2.45) is 10.9 Å². The monoisotopic (exact) mass is 236 g/mol. The molecule has 0 atom stereocenters. The molecular weight excluding hydrogens is 220 g/mol. The zero-order chi connectivity index (χ0) is 12.1. The molecule has 1 aliphatic rings. The van der Waals surface area contributed by atoms with E-state index in [2.05, 4.69) is 15.0 Å². The highest BCUT2D eigenvalue weighted by molar-refractivity contribution is 6.00. The van der Waals surface area contributed by atoms with Gasteiger partial charge in [-0.25, -0.2) is 0 Å². The molecule has 1 aromatic rings. The van der Waals surface area contributed by atoms with Gasteiger partial charge in [0.05, 0.1) is 12.3 Å². The van der Waals surface area contributed by atoms with E-state index in [-0.39, 0.29) is 5.84 Å². The van der Waals surface area contributed by atoms with Crippen LogP contribution in [0.15, 0.2) is 23.5 Å². The van der Waals surface area contributed by atoms with Crippen molar-refractivity contribution < 1.29 is 9.94 Å². The number of ether oxygens (including phenoxy) is 1. The number of amidine groups is 1. The molecule has 3 N–H and O–H groups in total. The number of anilines is 1. The fourth-order valence-electron chi connectivity index (χ4n) is 1.88. The Morgan fingerprint density at radius 1 is 1.47 bits per heavy atom. The predicted molar refractivity (Wildman–Crippen MR) is 64.4 cm³/mol. The van der Waals surface area contributed by atoms with Crippen molar-refractivity contribution in [3.05, 3.63) is 24.0 Å². The SMILES string of the molecule is N/C(=N/O)c1ncccc1N1CCCOCC1. The molecule has 0 amide bonds. The number of oxime groups is 1. The molecular formula is C11H16N4O2. The highest BCUT2D eigenvalue weighted by Gasteiger charge is 2.16. The molecule has 0 unspecified atom stereocenters. The first-order valence-electron chi connectivity index (χ1n) is 5.58. The van der Waals surface area contributed by atoms with Crippen molar-refractivity contribution in [2.75, 3.05) is 31.2 Å². The van der Waals surface area contributed by atoms with Gasteiger partial charge in [0.1, 0.15) is 5.69 Å². The van der Waals surface area contributed by atoms with Crippen molar-refractivity contribution in [3.63, 3.8) is 0 Å². The third-order valence-electron chi connectivity index (χ3n) is 2.70. The van der Waals surface area contributed by atoms with Gasteiger partial charge >= 0.3 is 0 Å². The van der Waals surface area contributed by atoms with E-state index in [9.17, 15) is 0 Å². The second-order valence-electron chi connectivity index (χ2n) is 3.81. The zero-order valence-corrected chi connectivity index (χ0v) is 9.54. The Morgan fingerprint density at radius 2 is 2.35 bits per heavy atom. The van der Waals surface area contributed by atoms with E-state index < -0.39 is 0 Å². The molecule has 92 valence electrons. The normalized spacial score (nSPS) is 17.9. The van der Waals surface area contributed by atoms with E-state index >= 15 is 0 Å². The first kappa shape index (κ1) is 11.7. The van der Waals surface area contributed by atoms with E-state index in [1.807, 2.05) is 12.1 Å². The summed E-state index contributed by atoms with van der Waals surface area (Å²) in [5.41, 5.74) is 7.01. The van der Waals surface area contributed by atoms with Crippen LogP contribution in [0.2, 0.25) is 0 Å². The lowest BCUT2D eigenvalue weighted by atomic mass is 10.2. The molecule has 0 aromatic carbocycles. The molecule has 6 heteroatoms. The topological polar surface area (TPSA) is 84.0 Å². The fraction of sp³-hybridized carbons (Fsp3) is 0.455. The van der Waals surface area contributed by atoms with Crippen molar-refractivity contribution in [1.82, 2.24) is 4.98 Å². The number of nitrogens with zero attached hydrogens (tertiary/aromatic N) is 3. The maximum absolute atomic E-state index is 8.75. The summed E-state index contributed by atoms with van der Waals surface area (Å²) in [6.07, 6.45) is 2.59. The first-order chi connectivity index (χ1) is 8.33. The third-order valence-corrected chi connectivity index (χ3v) is 2.70. The minimum absolute atomic E-state index is 0.0331. The van der Waals surface area contributed by atoms with Gasteiger partial charge in [0.15, 0.2) is 5.84 Å². The molecule has 0 spiro atoms. The highest BCUT2D eigenvalue weighted by Crippen LogP contribution is 2.19. The Kier molecular flexibility index (Phi) is 3.77. The standard InChI is InChI=1S/C11H16N4O2/c12-11(14-16)10-9(3-1-4-13-10)15-5-2-7-17-8-6-15/h1,3-4,16H,2,5-8H2,(H2,12,14). The molecule has 1 aromatic heterocycles. The van der Waals surface area contributed by atoms with Gasteiger partial charge in [0.25, 0.3) is 0 Å². The number of hydrogen-bond acceptors (Lipinski definition) is 5. The number of rotatable bonds is 2. The predicted octanol–water partition coefficient (Wildman–Crippen LogP) is 0.403. The van der Waals surface area contributed by atoms with Crippen molar-refractivity contribution >= 4 is 11.5 Å². The van der Waals surface area contributed by atoms with Crippen LogP contribution in [0.1, 0.15) is 12.1 Å². The third kappa shape index (κ3) is 2.65. The van der Waals surface area contributed by atoms with Crippen molar-refractivity contribution in [2.45, 2.75) is 6.42 Å². The summed E-state index contributed by atoms with van der Waals surface area (Å²) >= 11 is 0. The first-order valence-corrected chi connectivity index (χ1v) is 5.58. The lowest BCUT2D eigenvalue weighted by Gasteiger charge is -2.23. The van der Waals surface area contributed by atoms with Gasteiger partial charge < -0.3 is 20.6 Å². The second kappa shape index (κ2) is 5.49. The smallest absolute Gasteiger partial charge is 0.190 e. The zero-order valence-electron chi connectivity index (χ0n) is 9.54. The van der Waals surface area contributed by atoms with Gasteiger partial charge in [-0.05, 0) is 18.6 Å². The Bertz CT molecular complexity index is 400. The Morgan fingerprint density at radius 3 is 3.18 bits per heavy atom. The number of pyridine rings is 1. The molecule has 2 heterocycles. The Labute approximate surface area is 99.7 Å². The van der Waals surface area contributed by atoms with Gasteiger partial charge in [0, 0.05) is 25.9 Å². The molecule has 6 nitrogen and oxygen atoms in total. The van der Waals surface area contributed by atoms with E-state index in [4.69, 9.17) is 15.7 Å². The van der Waals surface area contributed by atoms with Crippen molar-refractivity contribution in [3.8, 4) is 0 Å². The molecule has 1 aliphatic heterocycles. The molecule has 2 rings (SSSR count). The molecule has 0 saturated carbocycles. The Balaban J connectivity index is 2.30. The number of aromatic nitrogens is 1. The summed E-state index contributed by atoms with van der Waals surface area (Å²) in [6.45, 7) is 3.13. The number of nitrogens with two attached hydrogens (primary N) is 1. The van der Waals surface area contributed by atoms with Crippen LogP contribution in [0.5, 0.6) is 0 Å². The van der Waals surface area contributed by atoms with Crippen molar-refractivity contribution in [1.29, 1.82) is 0 Å². The van der Waals surface area contributed by atoms with Crippen LogP contribution in [0.3, 0.4) is 0 Å². The second-order valence-corrected chi connectivity index (χ2v) is 3.81. The van der Waals surface area contributed by atoms with Gasteiger partial charge in [-0.3, -0.25) is 4.98 Å². The van der Waals surface area contributed by atoms with Crippen LogP contribution in [-0.4, -0.2) is 42.3 Å². The van der Waals surface area contributed by atoms with E-state index in [1.165, 1.54) is 0 Å². The van der Waals surface area contributed by atoms with E-state index in [0.717, 1.165) is 31.8 Å². The molecule has 17 heavy (non-hydrogen) atoms. The van der Waals surface area contributed by atoms with Crippen LogP contribution in [0.4, 0.5) is 5.69 Å². The summed E-state index contributed by atoms with van der Waals surface area (Å²) in [5, 5.41) is 11.8.